The lowest BCUT2D eigenvalue weighted by atomic mass is 10.2. The van der Waals surface area contributed by atoms with Crippen LogP contribution in [0.1, 0.15) is 23.0 Å². The van der Waals surface area contributed by atoms with Crippen molar-refractivity contribution in [3.8, 4) is 0 Å². The summed E-state index contributed by atoms with van der Waals surface area (Å²) in [5, 5.41) is 2.84. The lowest BCUT2D eigenvalue weighted by Gasteiger charge is -2.22. The van der Waals surface area contributed by atoms with E-state index in [1.807, 2.05) is 54.3 Å². The number of aromatic nitrogens is 2. The maximum atomic E-state index is 12.4. The van der Waals surface area contributed by atoms with Crippen LogP contribution in [0.3, 0.4) is 0 Å². The average molecular weight is 332 g/mol. The van der Waals surface area contributed by atoms with Gasteiger partial charge in [-0.05, 0) is 43.7 Å². The highest BCUT2D eigenvalue weighted by atomic mass is 16.1. The molecule has 0 spiro atoms. The first kappa shape index (κ1) is 16.6. The van der Waals surface area contributed by atoms with Crippen molar-refractivity contribution in [2.75, 3.05) is 16.8 Å². The van der Waals surface area contributed by atoms with Gasteiger partial charge in [-0.3, -0.25) is 4.79 Å². The topological polar surface area (TPSA) is 58.1 Å². The fourth-order valence-corrected chi connectivity index (χ4v) is 2.61. The Morgan fingerprint density at radius 2 is 1.84 bits per heavy atom. The standard InChI is InChI=1S/C20H20N4O/c1-3-24(17-11-7-8-15(2)12-17)19-13-18(21-14-22-19)20(25)23-16-9-5-4-6-10-16/h4-14H,3H2,1-2H3,(H,23,25). The molecule has 0 unspecified atom stereocenters. The van der Waals surface area contributed by atoms with Gasteiger partial charge < -0.3 is 10.2 Å². The van der Waals surface area contributed by atoms with Crippen molar-refractivity contribution < 1.29 is 4.79 Å². The Kier molecular flexibility index (Phi) is 5.04. The molecule has 0 bridgehead atoms. The molecule has 1 N–H and O–H groups in total. The summed E-state index contributed by atoms with van der Waals surface area (Å²) < 4.78 is 0. The first-order valence-corrected chi connectivity index (χ1v) is 8.20. The van der Waals surface area contributed by atoms with Gasteiger partial charge in [-0.2, -0.15) is 0 Å². The van der Waals surface area contributed by atoms with E-state index in [4.69, 9.17) is 0 Å². The van der Waals surface area contributed by atoms with Gasteiger partial charge in [0.2, 0.25) is 0 Å². The third-order valence-corrected chi connectivity index (χ3v) is 3.82. The number of amides is 1. The van der Waals surface area contributed by atoms with Gasteiger partial charge in [-0.15, -0.1) is 0 Å². The lowest BCUT2D eigenvalue weighted by molar-refractivity contribution is 0.102. The van der Waals surface area contributed by atoms with Crippen molar-refractivity contribution in [2.45, 2.75) is 13.8 Å². The number of carbonyl (C=O) groups is 1. The highest BCUT2D eigenvalue weighted by Crippen LogP contribution is 2.24. The van der Waals surface area contributed by atoms with Crippen molar-refractivity contribution >= 4 is 23.1 Å². The normalized spacial score (nSPS) is 10.3. The van der Waals surface area contributed by atoms with E-state index in [0.29, 0.717) is 11.5 Å². The Balaban J connectivity index is 1.86. The Morgan fingerprint density at radius 1 is 1.04 bits per heavy atom. The molecule has 25 heavy (non-hydrogen) atoms. The summed E-state index contributed by atoms with van der Waals surface area (Å²) in [6, 6.07) is 19.2. The van der Waals surface area contributed by atoms with Crippen molar-refractivity contribution in [1.29, 1.82) is 0 Å². The molecule has 0 aliphatic rings. The fourth-order valence-electron chi connectivity index (χ4n) is 2.61. The largest absolute Gasteiger partial charge is 0.327 e. The smallest absolute Gasteiger partial charge is 0.274 e. The molecule has 126 valence electrons. The minimum absolute atomic E-state index is 0.254. The third kappa shape index (κ3) is 4.01. The number of benzene rings is 2. The van der Waals surface area contributed by atoms with Crippen LogP contribution in [0.25, 0.3) is 0 Å². The molecule has 5 heteroatoms. The van der Waals surface area contributed by atoms with E-state index in [1.165, 1.54) is 11.9 Å². The van der Waals surface area contributed by atoms with Crippen LogP contribution in [-0.4, -0.2) is 22.4 Å². The van der Waals surface area contributed by atoms with E-state index in [1.54, 1.807) is 6.07 Å². The van der Waals surface area contributed by atoms with Gasteiger partial charge in [-0.1, -0.05) is 30.3 Å². The highest BCUT2D eigenvalue weighted by molar-refractivity contribution is 6.03. The first-order valence-electron chi connectivity index (χ1n) is 8.20. The van der Waals surface area contributed by atoms with Crippen LogP contribution in [0.2, 0.25) is 0 Å². The van der Waals surface area contributed by atoms with E-state index in [-0.39, 0.29) is 5.91 Å². The molecule has 0 fully saturated rings. The van der Waals surface area contributed by atoms with Gasteiger partial charge in [0, 0.05) is 24.0 Å². The molecule has 0 aliphatic heterocycles. The van der Waals surface area contributed by atoms with Crippen molar-refractivity contribution in [1.82, 2.24) is 9.97 Å². The molecule has 1 heterocycles. The minimum Gasteiger partial charge on any atom is -0.327 e. The van der Waals surface area contributed by atoms with Crippen LogP contribution in [0.4, 0.5) is 17.2 Å². The number of para-hydroxylation sites is 1. The number of hydrogen-bond acceptors (Lipinski definition) is 4. The van der Waals surface area contributed by atoms with Crippen LogP contribution in [0, 0.1) is 6.92 Å². The van der Waals surface area contributed by atoms with E-state index < -0.39 is 0 Å². The zero-order chi connectivity index (χ0) is 17.6. The molecule has 0 aliphatic carbocycles. The molecular formula is C20H20N4O. The first-order chi connectivity index (χ1) is 12.2. The Bertz CT molecular complexity index is 864. The van der Waals surface area contributed by atoms with Crippen LogP contribution in [-0.2, 0) is 0 Å². The van der Waals surface area contributed by atoms with E-state index >= 15 is 0 Å². The summed E-state index contributed by atoms with van der Waals surface area (Å²) in [4.78, 5) is 23.0. The van der Waals surface area contributed by atoms with Crippen molar-refractivity contribution in [3.05, 3.63) is 78.2 Å². The molecule has 0 radical (unpaired) electrons. The lowest BCUT2D eigenvalue weighted by Crippen LogP contribution is -2.20. The number of nitrogens with zero attached hydrogens (tertiary/aromatic N) is 3. The van der Waals surface area contributed by atoms with E-state index in [2.05, 4.69) is 34.3 Å². The van der Waals surface area contributed by atoms with Crippen LogP contribution in [0.5, 0.6) is 0 Å². The van der Waals surface area contributed by atoms with Gasteiger partial charge in [-0.25, -0.2) is 9.97 Å². The molecule has 5 nitrogen and oxygen atoms in total. The summed E-state index contributed by atoms with van der Waals surface area (Å²) >= 11 is 0. The molecule has 2 aromatic carbocycles. The molecule has 3 aromatic rings. The summed E-state index contributed by atoms with van der Waals surface area (Å²) in [6.07, 6.45) is 1.42. The second-order valence-corrected chi connectivity index (χ2v) is 5.66. The van der Waals surface area contributed by atoms with Gasteiger partial charge >= 0.3 is 0 Å². The Hall–Kier alpha value is -3.21. The summed E-state index contributed by atoms with van der Waals surface area (Å²) in [7, 11) is 0. The molecule has 1 amide bonds. The van der Waals surface area contributed by atoms with Gasteiger partial charge in [0.15, 0.2) is 0 Å². The molecular weight excluding hydrogens is 312 g/mol. The number of hydrogen-bond donors (Lipinski definition) is 1. The van der Waals surface area contributed by atoms with Crippen molar-refractivity contribution in [2.24, 2.45) is 0 Å². The predicted octanol–water partition coefficient (Wildman–Crippen LogP) is 4.20. The number of aryl methyl sites for hydroxylation is 1. The monoisotopic (exact) mass is 332 g/mol. The minimum atomic E-state index is -0.254. The Labute approximate surface area is 147 Å². The Morgan fingerprint density at radius 3 is 2.56 bits per heavy atom. The maximum absolute atomic E-state index is 12.4. The van der Waals surface area contributed by atoms with Crippen LogP contribution in [0.15, 0.2) is 67.0 Å². The quantitative estimate of drug-likeness (QED) is 0.761. The maximum Gasteiger partial charge on any atom is 0.274 e. The van der Waals surface area contributed by atoms with Gasteiger partial charge in [0.25, 0.3) is 5.91 Å². The molecule has 0 saturated carbocycles. The van der Waals surface area contributed by atoms with Gasteiger partial charge in [0.05, 0.1) is 0 Å². The molecule has 0 saturated heterocycles. The average Bonchev–Trinajstić information content (AvgIpc) is 2.63. The highest BCUT2D eigenvalue weighted by Gasteiger charge is 2.14. The van der Waals surface area contributed by atoms with E-state index in [0.717, 1.165) is 17.9 Å². The second kappa shape index (κ2) is 7.57. The zero-order valence-electron chi connectivity index (χ0n) is 14.3. The SMILES string of the molecule is CCN(c1cccc(C)c1)c1cc(C(=O)Nc2ccccc2)ncn1. The number of nitrogens with one attached hydrogen (secondary N) is 1. The molecule has 3 rings (SSSR count). The van der Waals surface area contributed by atoms with Crippen LogP contribution < -0.4 is 10.2 Å². The third-order valence-electron chi connectivity index (χ3n) is 3.82. The summed E-state index contributed by atoms with van der Waals surface area (Å²) in [5.41, 5.74) is 3.28. The summed E-state index contributed by atoms with van der Waals surface area (Å²) in [5.74, 6) is 0.441. The second-order valence-electron chi connectivity index (χ2n) is 5.66. The van der Waals surface area contributed by atoms with Gasteiger partial charge in [0.1, 0.15) is 17.8 Å². The number of rotatable bonds is 5. The van der Waals surface area contributed by atoms with Crippen molar-refractivity contribution in [3.63, 3.8) is 0 Å². The van der Waals surface area contributed by atoms with Crippen LogP contribution >= 0.6 is 0 Å². The van der Waals surface area contributed by atoms with E-state index in [9.17, 15) is 4.79 Å². The zero-order valence-corrected chi connectivity index (χ0v) is 14.3. The molecule has 1 aromatic heterocycles. The summed E-state index contributed by atoms with van der Waals surface area (Å²) in [6.45, 7) is 4.84. The molecule has 0 atom stereocenters. The fraction of sp³-hybridized carbons (Fsp3) is 0.150. The number of anilines is 3. The predicted molar refractivity (Wildman–Crippen MR) is 100 cm³/mol. The number of carbonyl (C=O) groups excluding carboxylic acids is 1.